The SMILES string of the molecule is CCCCC1CCC(C(=O)Nc2cc(C)nn2-c2nc(-c3ccccc3)cs2)CC1. The number of benzene rings is 1. The van der Waals surface area contributed by atoms with Gasteiger partial charge in [-0.1, -0.05) is 56.5 Å². The first kappa shape index (κ1) is 20.8. The molecule has 5 nitrogen and oxygen atoms in total. The van der Waals surface area contributed by atoms with Gasteiger partial charge >= 0.3 is 0 Å². The third-order valence-corrected chi connectivity index (χ3v) is 6.83. The molecule has 1 saturated carbocycles. The van der Waals surface area contributed by atoms with Crippen molar-refractivity contribution in [2.24, 2.45) is 11.8 Å². The molecular weight excluding hydrogens is 392 g/mol. The maximum atomic E-state index is 12.9. The van der Waals surface area contributed by atoms with Crippen LogP contribution in [-0.2, 0) is 4.79 Å². The van der Waals surface area contributed by atoms with Gasteiger partial charge in [0.05, 0.1) is 11.4 Å². The Kier molecular flexibility index (Phi) is 6.62. The summed E-state index contributed by atoms with van der Waals surface area (Å²) in [5.41, 5.74) is 2.87. The van der Waals surface area contributed by atoms with Gasteiger partial charge in [0.2, 0.25) is 11.0 Å². The van der Waals surface area contributed by atoms with Crippen molar-refractivity contribution in [3.05, 3.63) is 47.5 Å². The molecule has 0 atom stereocenters. The van der Waals surface area contributed by atoms with E-state index in [9.17, 15) is 4.79 Å². The van der Waals surface area contributed by atoms with Crippen molar-refractivity contribution in [3.8, 4) is 16.4 Å². The third kappa shape index (κ3) is 4.81. The Morgan fingerprint density at radius 1 is 1.20 bits per heavy atom. The van der Waals surface area contributed by atoms with Crippen LogP contribution in [0.2, 0.25) is 0 Å². The average Bonchev–Trinajstić information content (AvgIpc) is 3.40. The zero-order valence-corrected chi connectivity index (χ0v) is 18.6. The fraction of sp³-hybridized carbons (Fsp3) is 0.458. The number of carbonyl (C=O) groups excluding carboxylic acids is 1. The lowest BCUT2D eigenvalue weighted by atomic mass is 9.79. The van der Waals surface area contributed by atoms with Crippen LogP contribution < -0.4 is 5.32 Å². The molecule has 4 rings (SSSR count). The second-order valence-electron chi connectivity index (χ2n) is 8.31. The van der Waals surface area contributed by atoms with E-state index in [1.807, 2.05) is 48.7 Å². The molecule has 1 aliphatic carbocycles. The van der Waals surface area contributed by atoms with Gasteiger partial charge in [-0.3, -0.25) is 4.79 Å². The van der Waals surface area contributed by atoms with Crippen LogP contribution in [0.5, 0.6) is 0 Å². The first-order valence-electron chi connectivity index (χ1n) is 11.0. The summed E-state index contributed by atoms with van der Waals surface area (Å²) in [6.45, 7) is 4.19. The lowest BCUT2D eigenvalue weighted by Crippen LogP contribution is -2.28. The number of hydrogen-bond donors (Lipinski definition) is 1. The zero-order valence-electron chi connectivity index (χ0n) is 17.8. The van der Waals surface area contributed by atoms with Crippen molar-refractivity contribution in [1.29, 1.82) is 0 Å². The highest BCUT2D eigenvalue weighted by atomic mass is 32.1. The molecule has 30 heavy (non-hydrogen) atoms. The molecule has 0 saturated heterocycles. The quantitative estimate of drug-likeness (QED) is 0.490. The smallest absolute Gasteiger partial charge is 0.228 e. The predicted octanol–water partition coefficient (Wildman–Crippen LogP) is 6.24. The van der Waals surface area contributed by atoms with Crippen molar-refractivity contribution in [2.45, 2.75) is 58.8 Å². The van der Waals surface area contributed by atoms with Crippen LogP contribution in [0.4, 0.5) is 5.82 Å². The molecule has 2 aromatic heterocycles. The number of nitrogens with zero attached hydrogens (tertiary/aromatic N) is 3. The van der Waals surface area contributed by atoms with E-state index >= 15 is 0 Å². The minimum Gasteiger partial charge on any atom is -0.310 e. The summed E-state index contributed by atoms with van der Waals surface area (Å²) in [4.78, 5) is 17.7. The summed E-state index contributed by atoms with van der Waals surface area (Å²) in [7, 11) is 0. The molecule has 1 aliphatic rings. The highest BCUT2D eigenvalue weighted by Crippen LogP contribution is 2.33. The van der Waals surface area contributed by atoms with Gasteiger partial charge < -0.3 is 5.32 Å². The fourth-order valence-corrected chi connectivity index (χ4v) is 5.07. The monoisotopic (exact) mass is 422 g/mol. The van der Waals surface area contributed by atoms with E-state index in [4.69, 9.17) is 4.98 Å². The molecule has 2 heterocycles. The number of amides is 1. The third-order valence-electron chi connectivity index (χ3n) is 6.01. The lowest BCUT2D eigenvalue weighted by Gasteiger charge is -2.27. The van der Waals surface area contributed by atoms with Crippen LogP contribution in [-0.4, -0.2) is 20.7 Å². The van der Waals surface area contributed by atoms with Crippen molar-refractivity contribution in [3.63, 3.8) is 0 Å². The highest BCUT2D eigenvalue weighted by molar-refractivity contribution is 7.12. The second kappa shape index (κ2) is 9.56. The maximum Gasteiger partial charge on any atom is 0.228 e. The Morgan fingerprint density at radius 3 is 2.70 bits per heavy atom. The van der Waals surface area contributed by atoms with Crippen LogP contribution in [0, 0.1) is 18.8 Å². The predicted molar refractivity (Wildman–Crippen MR) is 123 cm³/mol. The Balaban J connectivity index is 1.44. The number of aromatic nitrogens is 3. The Labute approximate surface area is 182 Å². The van der Waals surface area contributed by atoms with Crippen molar-refractivity contribution >= 4 is 23.1 Å². The molecule has 1 aromatic carbocycles. The molecule has 0 aliphatic heterocycles. The Morgan fingerprint density at radius 2 is 1.97 bits per heavy atom. The molecule has 3 aromatic rings. The van der Waals surface area contributed by atoms with Gasteiger partial charge in [0.15, 0.2) is 0 Å². The van der Waals surface area contributed by atoms with Gasteiger partial charge in [0, 0.05) is 22.9 Å². The van der Waals surface area contributed by atoms with Gasteiger partial charge in [-0.2, -0.15) is 9.78 Å². The molecule has 1 amide bonds. The summed E-state index contributed by atoms with van der Waals surface area (Å²) in [6.07, 6.45) is 8.19. The number of carbonyl (C=O) groups is 1. The summed E-state index contributed by atoms with van der Waals surface area (Å²) >= 11 is 1.53. The van der Waals surface area contributed by atoms with Gasteiger partial charge in [0.25, 0.3) is 0 Å². The first-order valence-corrected chi connectivity index (χ1v) is 11.9. The molecule has 0 unspecified atom stereocenters. The van der Waals surface area contributed by atoms with Gasteiger partial charge in [-0.25, -0.2) is 4.98 Å². The van der Waals surface area contributed by atoms with E-state index in [-0.39, 0.29) is 11.8 Å². The number of anilines is 1. The fourth-order valence-electron chi connectivity index (χ4n) is 4.27. The van der Waals surface area contributed by atoms with Gasteiger partial charge in [0.1, 0.15) is 5.82 Å². The maximum absolute atomic E-state index is 12.9. The molecule has 1 fully saturated rings. The summed E-state index contributed by atoms with van der Waals surface area (Å²) < 4.78 is 1.76. The Hall–Kier alpha value is -2.47. The zero-order chi connectivity index (χ0) is 20.9. The molecular formula is C24H30N4OS. The van der Waals surface area contributed by atoms with Crippen LogP contribution in [0.25, 0.3) is 16.4 Å². The van der Waals surface area contributed by atoms with E-state index in [2.05, 4.69) is 17.3 Å². The van der Waals surface area contributed by atoms with E-state index in [1.165, 1.54) is 43.4 Å². The molecule has 1 N–H and O–H groups in total. The van der Waals surface area contributed by atoms with Crippen molar-refractivity contribution in [1.82, 2.24) is 14.8 Å². The summed E-state index contributed by atoms with van der Waals surface area (Å²) in [6, 6.07) is 12.0. The second-order valence-corrected chi connectivity index (χ2v) is 9.15. The minimum absolute atomic E-state index is 0.0997. The van der Waals surface area contributed by atoms with Crippen LogP contribution in [0.1, 0.15) is 57.6 Å². The number of nitrogens with one attached hydrogen (secondary N) is 1. The largest absolute Gasteiger partial charge is 0.310 e. The topological polar surface area (TPSA) is 59.8 Å². The average molecular weight is 423 g/mol. The molecule has 0 bridgehead atoms. The summed E-state index contributed by atoms with van der Waals surface area (Å²) in [5.74, 6) is 1.72. The van der Waals surface area contributed by atoms with Crippen molar-refractivity contribution < 1.29 is 4.79 Å². The molecule has 6 heteroatoms. The van der Waals surface area contributed by atoms with Crippen molar-refractivity contribution in [2.75, 3.05) is 5.32 Å². The number of hydrogen-bond acceptors (Lipinski definition) is 4. The van der Waals surface area contributed by atoms with Crippen LogP contribution in [0.15, 0.2) is 41.8 Å². The van der Waals surface area contributed by atoms with Gasteiger partial charge in [-0.15, -0.1) is 11.3 Å². The molecule has 0 radical (unpaired) electrons. The minimum atomic E-state index is 0.0997. The standard InChI is InChI=1S/C24H30N4OS/c1-3-4-8-18-11-13-20(14-12-18)23(29)26-22-15-17(2)27-28(22)24-25-21(16-30-24)19-9-6-5-7-10-19/h5-7,9-10,15-16,18,20H,3-4,8,11-14H2,1-2H3,(H,26,29). The number of rotatable bonds is 7. The number of aryl methyl sites for hydroxylation is 1. The molecule has 0 spiro atoms. The summed E-state index contributed by atoms with van der Waals surface area (Å²) in [5, 5.41) is 10.5. The van der Waals surface area contributed by atoms with E-state index in [1.54, 1.807) is 4.68 Å². The van der Waals surface area contributed by atoms with Crippen LogP contribution in [0.3, 0.4) is 0 Å². The number of thiazole rings is 1. The van der Waals surface area contributed by atoms with E-state index < -0.39 is 0 Å². The van der Waals surface area contributed by atoms with E-state index in [0.717, 1.165) is 40.8 Å². The first-order chi connectivity index (χ1) is 14.6. The van der Waals surface area contributed by atoms with Gasteiger partial charge in [-0.05, 0) is 38.5 Å². The van der Waals surface area contributed by atoms with Crippen LogP contribution >= 0.6 is 11.3 Å². The highest BCUT2D eigenvalue weighted by Gasteiger charge is 2.27. The Bertz CT molecular complexity index is 970. The lowest BCUT2D eigenvalue weighted by molar-refractivity contribution is -0.121. The van der Waals surface area contributed by atoms with E-state index in [0.29, 0.717) is 5.82 Å². The number of unbranched alkanes of at least 4 members (excludes halogenated alkanes) is 1. The normalized spacial score (nSPS) is 19.0. The molecule has 158 valence electrons.